The lowest BCUT2D eigenvalue weighted by molar-refractivity contribution is 0.536. The number of hydrogen-bond acceptors (Lipinski definition) is 3. The van der Waals surface area contributed by atoms with E-state index in [4.69, 9.17) is 0 Å². The molecule has 1 heterocycles. The zero-order valence-electron chi connectivity index (χ0n) is 5.19. The molecule has 0 N–H and O–H groups in total. The van der Waals surface area contributed by atoms with Crippen LogP contribution in [-0.4, -0.2) is 23.3 Å². The first-order valence-corrected chi connectivity index (χ1v) is 6.17. The van der Waals surface area contributed by atoms with E-state index in [-0.39, 0.29) is 4.28 Å². The minimum atomic E-state index is -3.07. The Morgan fingerprint density at radius 3 is 2.50 bits per heavy atom. The zero-order valence-corrected chi connectivity index (χ0v) is 8.41. The lowest BCUT2D eigenvalue weighted by Crippen LogP contribution is -2.26. The zero-order chi connectivity index (χ0) is 7.78. The predicted octanol–water partition coefficient (Wildman–Crippen LogP) is 1.14. The number of thioether (sulfide) groups is 1. The average molecular weight is 244 g/mol. The van der Waals surface area contributed by atoms with Crippen LogP contribution < -0.4 is 0 Å². The first-order valence-electron chi connectivity index (χ1n) is 2.46. The van der Waals surface area contributed by atoms with Crippen LogP contribution in [0.25, 0.3) is 0 Å². The molecule has 10 heavy (non-hydrogen) atoms. The Bertz CT molecular complexity index is 248. The number of alkyl halides is 1. The lowest BCUT2D eigenvalue weighted by Gasteiger charge is -2.16. The maximum absolute atomic E-state index is 10.9. The van der Waals surface area contributed by atoms with Crippen LogP contribution in [0.2, 0.25) is 0 Å². The summed E-state index contributed by atoms with van der Waals surface area (Å²) in [7, 11) is -3.07. The van der Waals surface area contributed by atoms with E-state index in [0.29, 0.717) is 0 Å². The summed E-state index contributed by atoms with van der Waals surface area (Å²) < 4.78 is 22.8. The normalized spacial score (nSPS) is 25.8. The summed E-state index contributed by atoms with van der Waals surface area (Å²) in [4.78, 5) is 0. The highest BCUT2D eigenvalue weighted by atomic mass is 79.9. The smallest absolute Gasteiger partial charge is 0.233 e. The van der Waals surface area contributed by atoms with Crippen LogP contribution in [0, 0.1) is 0 Å². The molecule has 3 nitrogen and oxygen atoms in total. The molecule has 0 fully saturated rings. The van der Waals surface area contributed by atoms with Crippen molar-refractivity contribution in [2.24, 2.45) is 0 Å². The molecule has 0 radical (unpaired) electrons. The number of nitrogens with zero attached hydrogens (tertiary/aromatic N) is 1. The first-order chi connectivity index (χ1) is 4.52. The molecular weight excluding hydrogens is 238 g/mol. The van der Waals surface area contributed by atoms with E-state index in [1.807, 2.05) is 0 Å². The van der Waals surface area contributed by atoms with Crippen molar-refractivity contribution in [1.29, 1.82) is 0 Å². The Morgan fingerprint density at radius 1 is 1.70 bits per heavy atom. The van der Waals surface area contributed by atoms with Gasteiger partial charge < -0.3 is 0 Å². The van der Waals surface area contributed by atoms with Crippen LogP contribution in [0.1, 0.15) is 0 Å². The molecule has 1 aliphatic rings. The van der Waals surface area contributed by atoms with Crippen LogP contribution in [0.4, 0.5) is 0 Å². The van der Waals surface area contributed by atoms with Crippen LogP contribution in [0.5, 0.6) is 0 Å². The van der Waals surface area contributed by atoms with Gasteiger partial charge in [-0.2, -0.15) is 0 Å². The van der Waals surface area contributed by atoms with Gasteiger partial charge in [-0.15, -0.1) is 0 Å². The average Bonchev–Trinajstić information content (AvgIpc) is 2.11. The third-order valence-corrected chi connectivity index (χ3v) is 4.30. The van der Waals surface area contributed by atoms with E-state index in [2.05, 4.69) is 15.9 Å². The van der Waals surface area contributed by atoms with E-state index >= 15 is 0 Å². The molecule has 0 spiro atoms. The van der Waals surface area contributed by atoms with Crippen LogP contribution >= 0.6 is 27.7 Å². The van der Waals surface area contributed by atoms with Gasteiger partial charge >= 0.3 is 0 Å². The van der Waals surface area contributed by atoms with Gasteiger partial charge in [0.05, 0.1) is 6.26 Å². The molecule has 6 heteroatoms. The summed E-state index contributed by atoms with van der Waals surface area (Å²) in [5.74, 6) is 0. The first kappa shape index (κ1) is 8.42. The molecule has 0 aliphatic carbocycles. The Labute approximate surface area is 72.6 Å². The van der Waals surface area contributed by atoms with E-state index in [1.165, 1.54) is 22.3 Å². The standard InChI is InChI=1S/C4H6BrNO2S2/c1-10(7,8)6-2-3-9-4(6)5/h2-4H,1H3. The van der Waals surface area contributed by atoms with Crippen molar-refractivity contribution in [2.75, 3.05) is 6.26 Å². The fourth-order valence-electron chi connectivity index (χ4n) is 0.549. The van der Waals surface area contributed by atoms with Gasteiger partial charge in [0.25, 0.3) is 0 Å². The van der Waals surface area contributed by atoms with E-state index in [9.17, 15) is 8.42 Å². The van der Waals surface area contributed by atoms with Crippen LogP contribution in [0.3, 0.4) is 0 Å². The molecule has 0 saturated heterocycles. The van der Waals surface area contributed by atoms with Crippen molar-refractivity contribution in [2.45, 2.75) is 4.28 Å². The molecule has 1 unspecified atom stereocenters. The number of halogens is 1. The minimum Gasteiger partial charge on any atom is -0.254 e. The summed E-state index contributed by atoms with van der Waals surface area (Å²) in [6, 6.07) is 0. The maximum atomic E-state index is 10.9. The summed E-state index contributed by atoms with van der Waals surface area (Å²) in [5.41, 5.74) is 0. The summed E-state index contributed by atoms with van der Waals surface area (Å²) in [6.45, 7) is 0. The largest absolute Gasteiger partial charge is 0.254 e. The SMILES string of the molecule is CS(=O)(=O)N1C=CSC1Br. The molecular formula is C4H6BrNO2S2. The van der Waals surface area contributed by atoms with Gasteiger partial charge in [-0.3, -0.25) is 4.31 Å². The molecule has 0 saturated carbocycles. The Balaban J connectivity index is 2.84. The highest BCUT2D eigenvalue weighted by Gasteiger charge is 2.24. The third-order valence-electron chi connectivity index (χ3n) is 0.982. The fraction of sp³-hybridized carbons (Fsp3) is 0.500. The Hall–Kier alpha value is 0.320. The highest BCUT2D eigenvalue weighted by Crippen LogP contribution is 2.31. The monoisotopic (exact) mass is 243 g/mol. The molecule has 1 aliphatic heterocycles. The summed E-state index contributed by atoms with van der Waals surface area (Å²) in [6.07, 6.45) is 2.72. The van der Waals surface area contributed by atoms with Gasteiger partial charge in [0, 0.05) is 6.20 Å². The highest BCUT2D eigenvalue weighted by molar-refractivity contribution is 9.11. The van der Waals surface area contributed by atoms with Gasteiger partial charge in [0.2, 0.25) is 10.0 Å². The Kier molecular flexibility index (Phi) is 2.31. The molecule has 0 aromatic rings. The molecule has 1 atom stereocenters. The second kappa shape index (κ2) is 2.75. The number of sulfonamides is 1. The van der Waals surface area contributed by atoms with E-state index < -0.39 is 10.0 Å². The predicted molar refractivity (Wildman–Crippen MR) is 46.1 cm³/mol. The van der Waals surface area contributed by atoms with Gasteiger partial charge in [-0.25, -0.2) is 8.42 Å². The fourth-order valence-corrected chi connectivity index (χ4v) is 3.77. The van der Waals surface area contributed by atoms with Gasteiger partial charge in [0.15, 0.2) is 0 Å². The summed E-state index contributed by atoms with van der Waals surface area (Å²) >= 11 is 4.60. The number of rotatable bonds is 1. The quantitative estimate of drug-likeness (QED) is 0.512. The molecule has 0 aromatic carbocycles. The summed E-state index contributed by atoms with van der Waals surface area (Å²) in [5, 5.41) is 1.74. The molecule has 0 amide bonds. The lowest BCUT2D eigenvalue weighted by atomic mass is 11.0. The molecule has 0 bridgehead atoms. The Morgan fingerprint density at radius 2 is 2.30 bits per heavy atom. The van der Waals surface area contributed by atoms with Crippen LogP contribution in [-0.2, 0) is 10.0 Å². The topological polar surface area (TPSA) is 37.4 Å². The minimum absolute atomic E-state index is 0.164. The maximum Gasteiger partial charge on any atom is 0.233 e. The molecule has 0 aromatic heterocycles. The number of hydrogen-bond donors (Lipinski definition) is 0. The van der Waals surface area contributed by atoms with Crippen molar-refractivity contribution < 1.29 is 8.42 Å². The third kappa shape index (κ3) is 1.67. The van der Waals surface area contributed by atoms with Gasteiger partial charge in [-0.1, -0.05) is 27.7 Å². The molecule has 1 rings (SSSR count). The van der Waals surface area contributed by atoms with Gasteiger partial charge in [-0.05, 0) is 5.41 Å². The van der Waals surface area contributed by atoms with Crippen molar-refractivity contribution in [3.8, 4) is 0 Å². The van der Waals surface area contributed by atoms with Crippen molar-refractivity contribution in [3.63, 3.8) is 0 Å². The second-order valence-electron chi connectivity index (χ2n) is 1.81. The van der Waals surface area contributed by atoms with Crippen LogP contribution in [0.15, 0.2) is 11.6 Å². The van der Waals surface area contributed by atoms with Crippen molar-refractivity contribution in [1.82, 2.24) is 4.31 Å². The van der Waals surface area contributed by atoms with E-state index in [1.54, 1.807) is 11.6 Å². The van der Waals surface area contributed by atoms with E-state index in [0.717, 1.165) is 0 Å². The van der Waals surface area contributed by atoms with Crippen molar-refractivity contribution in [3.05, 3.63) is 11.6 Å². The van der Waals surface area contributed by atoms with Crippen molar-refractivity contribution >= 4 is 37.7 Å². The van der Waals surface area contributed by atoms with Gasteiger partial charge in [0.1, 0.15) is 4.28 Å². The second-order valence-corrected chi connectivity index (χ2v) is 6.16. The molecule has 58 valence electrons.